The van der Waals surface area contributed by atoms with E-state index >= 15 is 0 Å². The van der Waals surface area contributed by atoms with Gasteiger partial charge in [-0.1, -0.05) is 5.16 Å². The summed E-state index contributed by atoms with van der Waals surface area (Å²) in [6.45, 7) is 3.15. The maximum atomic E-state index is 12.8. The van der Waals surface area contributed by atoms with Gasteiger partial charge in [0, 0.05) is 42.6 Å². The number of carbonyl (C=O) groups excluding carboxylic acids is 2. The number of carbonyl (C=O) groups is 2. The van der Waals surface area contributed by atoms with E-state index < -0.39 is 0 Å². The normalized spacial score (nSPS) is 14.5. The van der Waals surface area contributed by atoms with Crippen molar-refractivity contribution in [1.29, 1.82) is 0 Å². The monoisotopic (exact) mass is 426 g/mol. The van der Waals surface area contributed by atoms with E-state index in [-0.39, 0.29) is 24.5 Å². The molecule has 0 aliphatic carbocycles. The third-order valence-corrected chi connectivity index (χ3v) is 5.62. The maximum absolute atomic E-state index is 12.8. The Morgan fingerprint density at radius 1 is 1.20 bits per heavy atom. The van der Waals surface area contributed by atoms with Crippen molar-refractivity contribution in [3.63, 3.8) is 0 Å². The number of thiophene rings is 1. The van der Waals surface area contributed by atoms with Crippen LogP contribution in [0.5, 0.6) is 5.75 Å². The second-order valence-corrected chi connectivity index (χ2v) is 7.87. The van der Waals surface area contributed by atoms with Crippen molar-refractivity contribution in [3.05, 3.63) is 63.9 Å². The number of rotatable bonds is 6. The Kier molecular flexibility index (Phi) is 6.08. The summed E-state index contributed by atoms with van der Waals surface area (Å²) in [6, 6.07) is 8.93. The molecule has 9 heteroatoms. The van der Waals surface area contributed by atoms with Gasteiger partial charge in [0.15, 0.2) is 6.61 Å². The van der Waals surface area contributed by atoms with E-state index in [1.807, 2.05) is 21.7 Å². The molecule has 0 spiro atoms. The number of ether oxygens (including phenoxy) is 1. The van der Waals surface area contributed by atoms with Crippen LogP contribution in [0.4, 0.5) is 0 Å². The molecular formula is C21H22N4O4S. The van der Waals surface area contributed by atoms with Gasteiger partial charge in [0.05, 0.1) is 0 Å². The minimum atomic E-state index is -0.0485. The van der Waals surface area contributed by atoms with Crippen molar-refractivity contribution in [2.24, 2.45) is 0 Å². The van der Waals surface area contributed by atoms with Gasteiger partial charge >= 0.3 is 0 Å². The number of likely N-dealkylation sites (tertiary alicyclic amines) is 1. The van der Waals surface area contributed by atoms with Crippen LogP contribution < -0.4 is 10.1 Å². The van der Waals surface area contributed by atoms with Gasteiger partial charge in [-0.2, -0.15) is 16.3 Å². The zero-order valence-electron chi connectivity index (χ0n) is 16.5. The van der Waals surface area contributed by atoms with Crippen LogP contribution >= 0.6 is 11.3 Å². The highest BCUT2D eigenvalue weighted by molar-refractivity contribution is 7.08. The van der Waals surface area contributed by atoms with Crippen LogP contribution in [0.25, 0.3) is 0 Å². The van der Waals surface area contributed by atoms with E-state index in [2.05, 4.69) is 15.5 Å². The SMILES string of the molecule is Cc1nc(COc2ccc(C(=O)N3CCC(NC(=O)c4ccsc4)CC3)cc2)no1. The van der Waals surface area contributed by atoms with Crippen LogP contribution in [-0.4, -0.2) is 46.0 Å². The summed E-state index contributed by atoms with van der Waals surface area (Å²) in [6.07, 6.45) is 1.49. The van der Waals surface area contributed by atoms with E-state index in [1.54, 1.807) is 31.2 Å². The molecule has 3 heterocycles. The van der Waals surface area contributed by atoms with Crippen LogP contribution in [0.3, 0.4) is 0 Å². The Bertz CT molecular complexity index is 992. The minimum Gasteiger partial charge on any atom is -0.485 e. The van der Waals surface area contributed by atoms with E-state index in [0.29, 0.717) is 41.7 Å². The summed E-state index contributed by atoms with van der Waals surface area (Å²) in [5.74, 6) is 1.53. The molecule has 1 N–H and O–H groups in total. The maximum Gasteiger partial charge on any atom is 0.253 e. The van der Waals surface area contributed by atoms with Gasteiger partial charge in [0.1, 0.15) is 5.75 Å². The standard InChI is InChI=1S/C21H22N4O4S/c1-14-22-19(24-29-14)12-28-18-4-2-15(3-5-18)21(27)25-9-6-17(7-10-25)23-20(26)16-8-11-30-13-16/h2-5,8,11,13,17H,6-7,9-10,12H2,1H3,(H,23,26). The second-order valence-electron chi connectivity index (χ2n) is 7.09. The van der Waals surface area contributed by atoms with Gasteiger partial charge in [-0.05, 0) is 48.6 Å². The zero-order chi connectivity index (χ0) is 20.9. The van der Waals surface area contributed by atoms with Crippen LogP contribution in [0, 0.1) is 6.92 Å². The van der Waals surface area contributed by atoms with E-state index in [1.165, 1.54) is 11.3 Å². The Labute approximate surface area is 177 Å². The average Bonchev–Trinajstić information content (AvgIpc) is 3.45. The number of aromatic nitrogens is 2. The number of hydrogen-bond donors (Lipinski definition) is 1. The van der Waals surface area contributed by atoms with E-state index in [9.17, 15) is 9.59 Å². The van der Waals surface area contributed by atoms with E-state index in [0.717, 1.165) is 12.8 Å². The molecule has 3 aromatic rings. The molecule has 1 saturated heterocycles. The number of nitrogens with one attached hydrogen (secondary N) is 1. The molecule has 0 radical (unpaired) electrons. The van der Waals surface area contributed by atoms with Crippen molar-refractivity contribution in [3.8, 4) is 5.75 Å². The fraction of sp³-hybridized carbons (Fsp3) is 0.333. The van der Waals surface area contributed by atoms with Crippen LogP contribution in [-0.2, 0) is 6.61 Å². The predicted molar refractivity (Wildman–Crippen MR) is 111 cm³/mol. The first-order valence-corrected chi connectivity index (χ1v) is 10.7. The summed E-state index contributed by atoms with van der Waals surface area (Å²) < 4.78 is 10.5. The highest BCUT2D eigenvalue weighted by atomic mass is 32.1. The van der Waals surface area contributed by atoms with E-state index in [4.69, 9.17) is 9.26 Å². The summed E-state index contributed by atoms with van der Waals surface area (Å²) in [7, 11) is 0. The lowest BCUT2D eigenvalue weighted by Gasteiger charge is -2.32. The molecule has 1 aromatic carbocycles. The van der Waals surface area contributed by atoms with Crippen LogP contribution in [0.1, 0.15) is 45.3 Å². The van der Waals surface area contributed by atoms with Crippen LogP contribution in [0.15, 0.2) is 45.6 Å². The lowest BCUT2D eigenvalue weighted by molar-refractivity contribution is 0.0698. The van der Waals surface area contributed by atoms with Gasteiger partial charge < -0.3 is 19.5 Å². The predicted octanol–water partition coefficient (Wildman–Crippen LogP) is 3.05. The van der Waals surface area contributed by atoms with Gasteiger partial charge in [-0.25, -0.2) is 0 Å². The summed E-state index contributed by atoms with van der Waals surface area (Å²) >= 11 is 1.50. The first-order valence-electron chi connectivity index (χ1n) is 9.73. The molecule has 0 saturated carbocycles. The summed E-state index contributed by atoms with van der Waals surface area (Å²) in [5, 5.41) is 10.6. The smallest absolute Gasteiger partial charge is 0.253 e. The van der Waals surface area contributed by atoms with Gasteiger partial charge in [0.25, 0.3) is 11.8 Å². The number of piperidine rings is 1. The van der Waals surface area contributed by atoms with Crippen molar-refractivity contribution in [2.75, 3.05) is 13.1 Å². The molecule has 8 nitrogen and oxygen atoms in total. The van der Waals surface area contributed by atoms with Gasteiger partial charge in [-0.3, -0.25) is 9.59 Å². The highest BCUT2D eigenvalue weighted by Crippen LogP contribution is 2.18. The topological polar surface area (TPSA) is 97.6 Å². The van der Waals surface area contributed by atoms with Crippen molar-refractivity contribution >= 4 is 23.2 Å². The average molecular weight is 426 g/mol. The molecule has 156 valence electrons. The summed E-state index contributed by atoms with van der Waals surface area (Å²) in [4.78, 5) is 30.9. The minimum absolute atomic E-state index is 0.0158. The Hall–Kier alpha value is -3.20. The molecule has 1 fully saturated rings. The fourth-order valence-corrected chi connectivity index (χ4v) is 3.95. The molecule has 4 rings (SSSR count). The lowest BCUT2D eigenvalue weighted by atomic mass is 10.0. The van der Waals surface area contributed by atoms with Gasteiger partial charge in [0.2, 0.25) is 11.7 Å². The zero-order valence-corrected chi connectivity index (χ0v) is 17.4. The molecule has 0 bridgehead atoms. The number of benzene rings is 1. The van der Waals surface area contributed by atoms with Crippen LogP contribution in [0.2, 0.25) is 0 Å². The third-order valence-electron chi connectivity index (χ3n) is 4.94. The molecule has 2 amide bonds. The Morgan fingerprint density at radius 3 is 2.60 bits per heavy atom. The Morgan fingerprint density at radius 2 is 1.97 bits per heavy atom. The second kappa shape index (κ2) is 9.08. The number of aryl methyl sites for hydroxylation is 1. The highest BCUT2D eigenvalue weighted by Gasteiger charge is 2.25. The Balaban J connectivity index is 1.26. The van der Waals surface area contributed by atoms with Crippen molar-refractivity contribution in [2.45, 2.75) is 32.4 Å². The fourth-order valence-electron chi connectivity index (χ4n) is 3.31. The van der Waals surface area contributed by atoms with Gasteiger partial charge in [-0.15, -0.1) is 0 Å². The molecule has 30 heavy (non-hydrogen) atoms. The molecule has 0 unspecified atom stereocenters. The number of hydrogen-bond acceptors (Lipinski definition) is 7. The molecule has 0 atom stereocenters. The molecule has 1 aliphatic rings. The lowest BCUT2D eigenvalue weighted by Crippen LogP contribution is -2.46. The first-order chi connectivity index (χ1) is 14.6. The first kappa shape index (κ1) is 20.1. The number of nitrogens with zero attached hydrogens (tertiary/aromatic N) is 3. The molecule has 1 aliphatic heterocycles. The largest absolute Gasteiger partial charge is 0.485 e. The number of amides is 2. The molecular weight excluding hydrogens is 404 g/mol. The quantitative estimate of drug-likeness (QED) is 0.651. The molecule has 2 aromatic heterocycles. The van der Waals surface area contributed by atoms with Crippen molar-refractivity contribution < 1.29 is 18.8 Å². The van der Waals surface area contributed by atoms with Crippen molar-refractivity contribution in [1.82, 2.24) is 20.4 Å². The summed E-state index contributed by atoms with van der Waals surface area (Å²) in [5.41, 5.74) is 1.30. The third kappa shape index (κ3) is 4.85.